The maximum atomic E-state index is 5.64. The van der Waals surface area contributed by atoms with Gasteiger partial charge in [-0.05, 0) is 170 Å². The molecule has 17 rings (SSSR count). The minimum Gasteiger partial charge on any atom is -0.354 e. The van der Waals surface area contributed by atoms with E-state index in [-0.39, 0.29) is 0 Å². The molecule has 450 valence electrons. The summed E-state index contributed by atoms with van der Waals surface area (Å²) in [5.41, 5.74) is 16.0. The lowest BCUT2D eigenvalue weighted by atomic mass is 10.1. The van der Waals surface area contributed by atoms with Crippen LogP contribution in [0.2, 0.25) is 0 Å². The number of aromatic nitrogens is 20. The van der Waals surface area contributed by atoms with E-state index in [1.807, 2.05) is 218 Å². The van der Waals surface area contributed by atoms with Gasteiger partial charge in [-0.25, -0.2) is 49.8 Å². The summed E-state index contributed by atoms with van der Waals surface area (Å²) in [7, 11) is 0. The van der Waals surface area contributed by atoms with E-state index in [1.54, 1.807) is 49.6 Å². The Morgan fingerprint density at radius 2 is 0.354 bits per heavy atom. The fraction of sp³-hybridized carbons (Fsp3) is 0. The highest BCUT2D eigenvalue weighted by Crippen LogP contribution is 2.40. The number of fused-ring (bicyclic) bond motifs is 8. The van der Waals surface area contributed by atoms with Crippen LogP contribution in [0.1, 0.15) is 22.8 Å². The Morgan fingerprint density at radius 3 is 0.510 bits per heavy atom. The van der Waals surface area contributed by atoms with Crippen LogP contribution in [0, 0.1) is 0 Å². The van der Waals surface area contributed by atoms with Crippen LogP contribution in [-0.2, 0) is 0 Å². The van der Waals surface area contributed by atoms with Crippen molar-refractivity contribution in [2.45, 2.75) is 0 Å². The summed E-state index contributed by atoms with van der Waals surface area (Å²) in [6.45, 7) is 0. The van der Waals surface area contributed by atoms with E-state index < -0.39 is 0 Å². The lowest BCUT2D eigenvalue weighted by Gasteiger charge is -2.11. The van der Waals surface area contributed by atoms with E-state index in [1.165, 1.54) is 0 Å². The molecule has 20 heteroatoms. The van der Waals surface area contributed by atoms with Gasteiger partial charge in [-0.2, -0.15) is 0 Å². The minimum atomic E-state index is 0.325. The third-order valence-corrected chi connectivity index (χ3v) is 16.0. The highest BCUT2D eigenvalue weighted by molar-refractivity contribution is 5.99. The second-order valence-electron chi connectivity index (χ2n) is 22.1. The van der Waals surface area contributed by atoms with Gasteiger partial charge in [-0.15, -0.1) is 0 Å². The summed E-state index contributed by atoms with van der Waals surface area (Å²) in [5.74, 6) is 1.30. The van der Waals surface area contributed by atoms with Crippen LogP contribution < -0.4 is 0 Å². The largest absolute Gasteiger partial charge is 0.354 e. The van der Waals surface area contributed by atoms with Crippen LogP contribution in [-0.4, -0.2) is 99.7 Å². The third-order valence-electron chi connectivity index (χ3n) is 16.0. The molecule has 2 N–H and O–H groups in total. The van der Waals surface area contributed by atoms with E-state index in [2.05, 4.69) is 9.97 Å². The van der Waals surface area contributed by atoms with Gasteiger partial charge in [0.2, 0.25) is 0 Å². The summed E-state index contributed by atoms with van der Waals surface area (Å²) in [6, 6.07) is 61.2. The molecule has 0 fully saturated rings. The Bertz CT molecular complexity index is 4760. The first-order valence-corrected chi connectivity index (χ1v) is 30.6. The third kappa shape index (κ3) is 10.9. The van der Waals surface area contributed by atoms with E-state index in [0.29, 0.717) is 181 Å². The van der Waals surface area contributed by atoms with Crippen molar-refractivity contribution in [2.75, 3.05) is 0 Å². The Labute approximate surface area is 546 Å². The zero-order chi connectivity index (χ0) is 63.7. The van der Waals surface area contributed by atoms with Crippen molar-refractivity contribution in [3.05, 3.63) is 266 Å². The molecule has 0 aromatic carbocycles. The fourth-order valence-corrected chi connectivity index (χ4v) is 11.5. The van der Waals surface area contributed by atoms with Gasteiger partial charge >= 0.3 is 0 Å². The summed E-state index contributed by atoms with van der Waals surface area (Å²) in [4.78, 5) is 100. The molecule has 0 atom stereocenters. The van der Waals surface area contributed by atoms with Crippen molar-refractivity contribution >= 4 is 46.4 Å². The molecule has 0 radical (unpaired) electrons. The predicted molar refractivity (Wildman–Crippen MR) is 369 cm³/mol. The lowest BCUT2D eigenvalue weighted by molar-refractivity contribution is 1.13. The van der Waals surface area contributed by atoms with Gasteiger partial charge in [0.25, 0.3) is 0 Å². The van der Waals surface area contributed by atoms with E-state index >= 15 is 0 Å². The Balaban J connectivity index is 1.03. The molecule has 17 heterocycles. The van der Waals surface area contributed by atoms with Gasteiger partial charge in [0.05, 0.1) is 158 Å². The second-order valence-corrected chi connectivity index (χ2v) is 22.1. The van der Waals surface area contributed by atoms with Gasteiger partial charge in [0.15, 0.2) is 23.3 Å². The molecule has 15 aromatic heterocycles. The molecule has 0 saturated carbocycles. The Morgan fingerprint density at radius 1 is 0.177 bits per heavy atom. The molecule has 15 aromatic rings. The zero-order valence-electron chi connectivity index (χ0n) is 50.5. The van der Waals surface area contributed by atoms with Gasteiger partial charge in [-0.3, -0.25) is 39.9 Å². The van der Waals surface area contributed by atoms with Gasteiger partial charge in [-0.1, -0.05) is 48.5 Å². The van der Waals surface area contributed by atoms with Gasteiger partial charge < -0.3 is 9.97 Å². The number of H-pyrrole nitrogens is 2. The van der Waals surface area contributed by atoms with Crippen molar-refractivity contribution in [3.63, 3.8) is 0 Å². The molecule has 0 amide bonds. The molecule has 0 saturated heterocycles. The maximum Gasteiger partial charge on any atom is 0.164 e. The molecule has 2 aliphatic heterocycles. The molecular weight excluding hydrogens is 1190 g/mol. The summed E-state index contributed by atoms with van der Waals surface area (Å²) in [6.07, 6.45) is 21.7. The molecule has 0 aliphatic carbocycles. The minimum absolute atomic E-state index is 0.325. The number of aromatic amines is 2. The number of nitrogens with zero attached hydrogens (tertiary/aromatic N) is 18. The normalized spacial score (nSPS) is 11.7. The molecule has 0 spiro atoms. The summed E-state index contributed by atoms with van der Waals surface area (Å²) < 4.78 is 0. The van der Waals surface area contributed by atoms with E-state index in [0.717, 1.165) is 0 Å². The fourth-order valence-electron chi connectivity index (χ4n) is 11.5. The van der Waals surface area contributed by atoms with E-state index in [9.17, 15) is 0 Å². The first kappa shape index (κ1) is 56.1. The average Bonchev–Trinajstić information content (AvgIpc) is 1.54. The zero-order valence-corrected chi connectivity index (χ0v) is 50.5. The molecule has 0 unspecified atom stereocenters. The van der Waals surface area contributed by atoms with Crippen LogP contribution in [0.3, 0.4) is 0 Å². The topological polar surface area (TPSA) is 264 Å². The predicted octanol–water partition coefficient (Wildman–Crippen LogP) is 15.0. The molecule has 96 heavy (non-hydrogen) atoms. The van der Waals surface area contributed by atoms with Gasteiger partial charge in [0.1, 0.15) is 0 Å². The average molecular weight is 1240 g/mol. The van der Waals surface area contributed by atoms with Crippen LogP contribution in [0.4, 0.5) is 0 Å². The number of hydrogen-bond donors (Lipinski definition) is 2. The van der Waals surface area contributed by atoms with Crippen molar-refractivity contribution in [1.29, 1.82) is 0 Å². The number of pyridine rings is 8. The van der Waals surface area contributed by atoms with E-state index in [4.69, 9.17) is 89.7 Å². The second kappa shape index (κ2) is 24.4. The Hall–Kier alpha value is -13.9. The number of hydrogen-bond acceptors (Lipinski definition) is 18. The van der Waals surface area contributed by atoms with Crippen molar-refractivity contribution in [1.82, 2.24) is 99.7 Å². The molecular formula is C76H46N20. The highest BCUT2D eigenvalue weighted by Gasteiger charge is 2.26. The lowest BCUT2D eigenvalue weighted by Crippen LogP contribution is -2.01. The first-order valence-electron chi connectivity index (χ1n) is 30.6. The number of rotatable bonds is 12. The van der Waals surface area contributed by atoms with Crippen LogP contribution in [0.5, 0.6) is 0 Å². The van der Waals surface area contributed by atoms with Crippen LogP contribution in [0.15, 0.2) is 244 Å². The van der Waals surface area contributed by atoms with Crippen molar-refractivity contribution in [2.24, 2.45) is 0 Å². The summed E-state index contributed by atoms with van der Waals surface area (Å²) >= 11 is 0. The van der Waals surface area contributed by atoms with Crippen molar-refractivity contribution in [3.8, 4) is 137 Å². The van der Waals surface area contributed by atoms with Crippen LogP contribution in [0.25, 0.3) is 183 Å². The molecule has 2 aliphatic rings. The van der Waals surface area contributed by atoms with Crippen molar-refractivity contribution < 1.29 is 0 Å². The number of nitrogens with one attached hydrogen (secondary N) is 2. The Kier molecular flexibility index (Phi) is 14.3. The smallest absolute Gasteiger partial charge is 0.164 e. The summed E-state index contributed by atoms with van der Waals surface area (Å²) in [5, 5.41) is 0. The van der Waals surface area contributed by atoms with Crippen LogP contribution >= 0.6 is 0 Å². The standard InChI is InChI=1S/C76H46N20/c1-9-33-77-45(17-1)61-41-62(46-18-2-10-34-78-46)90-73(89-61)69-53-25-27-55(85-53)70(74-91-63(47-19-3-11-35-79-47)42-64(92-74)48-20-4-12-36-80-48)57-29-31-59(87-57)72(76-95-67(51-23-7-15-39-83-51)44-68(96-76)52-24-8-16-40-84-52)60-32-30-58(88-60)71(56-28-26-54(69)86-56)75-93-65(49-21-5-13-37-81-49)43-66(94-75)50-22-6-14-38-82-50/h1-44,85,88H. The SMILES string of the molecule is C1=Cc2nc1c(-c1nc(-c3ccccn3)cc(-c3ccccn3)n1)c1ccc([nH]1)c(-c1nc(-c3ccccn3)cc(-c3ccccn3)n1)c1nc(c(-c3nc(-c4ccccn4)cc(-c4ccccn4)n3)c3ccc([nH]3)c2-c2nc(-c3ccccn3)cc(-c3ccccn3)n2)C=C1. The monoisotopic (exact) mass is 1240 g/mol. The molecule has 20 nitrogen and oxygen atoms in total. The quantitative estimate of drug-likeness (QED) is 0.115. The first-order chi connectivity index (χ1) is 47.5. The molecule has 8 bridgehead atoms. The highest BCUT2D eigenvalue weighted by atomic mass is 15.0. The van der Waals surface area contributed by atoms with Gasteiger partial charge in [0, 0.05) is 49.6 Å². The maximum absolute atomic E-state index is 5.64.